The SMILES string of the molecule is CCCCC#CC(CCCCCCCCCCC=O)OC(=O)[C@](C)(OC)c1cccc2ccccc12. The first-order chi connectivity index (χ1) is 17.6. The summed E-state index contributed by atoms with van der Waals surface area (Å²) in [6.45, 7) is 3.93. The molecule has 0 saturated carbocycles. The van der Waals surface area contributed by atoms with E-state index in [9.17, 15) is 9.59 Å². The molecule has 0 aliphatic carbocycles. The van der Waals surface area contributed by atoms with Crippen molar-refractivity contribution in [2.75, 3.05) is 7.11 Å². The molecule has 4 heteroatoms. The van der Waals surface area contributed by atoms with Crippen molar-refractivity contribution in [2.45, 2.75) is 109 Å². The molecule has 196 valence electrons. The molecule has 0 amide bonds. The Morgan fingerprint density at radius 2 is 1.61 bits per heavy atom. The Bertz CT molecular complexity index is 981. The van der Waals surface area contributed by atoms with Crippen LogP contribution in [0.25, 0.3) is 10.8 Å². The van der Waals surface area contributed by atoms with Gasteiger partial charge in [-0.25, -0.2) is 4.79 Å². The number of carbonyl (C=O) groups excluding carboxylic acids is 2. The minimum atomic E-state index is -1.21. The molecule has 2 atom stereocenters. The van der Waals surface area contributed by atoms with Crippen LogP contribution in [0.1, 0.15) is 103 Å². The molecule has 4 nitrogen and oxygen atoms in total. The summed E-state index contributed by atoms with van der Waals surface area (Å²) in [4.78, 5) is 23.9. The van der Waals surface area contributed by atoms with Crippen molar-refractivity contribution in [3.8, 4) is 11.8 Å². The van der Waals surface area contributed by atoms with Crippen molar-refractivity contribution in [3.05, 3.63) is 48.0 Å². The van der Waals surface area contributed by atoms with E-state index >= 15 is 0 Å². The van der Waals surface area contributed by atoms with E-state index in [-0.39, 0.29) is 0 Å². The number of hydrogen-bond donors (Lipinski definition) is 0. The molecular weight excluding hydrogens is 448 g/mol. The van der Waals surface area contributed by atoms with Gasteiger partial charge in [0.15, 0.2) is 11.7 Å². The van der Waals surface area contributed by atoms with E-state index in [1.54, 1.807) is 14.0 Å². The minimum absolute atomic E-state index is 0.397. The number of ether oxygens (including phenoxy) is 2. The lowest BCUT2D eigenvalue weighted by Crippen LogP contribution is -2.38. The minimum Gasteiger partial charge on any atom is -0.447 e. The number of benzene rings is 2. The van der Waals surface area contributed by atoms with E-state index in [4.69, 9.17) is 9.47 Å². The van der Waals surface area contributed by atoms with Crippen molar-refractivity contribution < 1.29 is 19.1 Å². The van der Waals surface area contributed by atoms with Crippen LogP contribution >= 0.6 is 0 Å². The topological polar surface area (TPSA) is 52.6 Å². The van der Waals surface area contributed by atoms with Gasteiger partial charge in [-0.05, 0) is 43.4 Å². The number of carbonyl (C=O) groups is 2. The van der Waals surface area contributed by atoms with Gasteiger partial charge in [0.25, 0.3) is 0 Å². The largest absolute Gasteiger partial charge is 0.447 e. The van der Waals surface area contributed by atoms with Gasteiger partial charge in [-0.2, -0.15) is 0 Å². The lowest BCUT2D eigenvalue weighted by molar-refractivity contribution is -0.171. The Kier molecular flexibility index (Phi) is 13.9. The standard InChI is InChI=1S/C32H44O4/c1-4-5-6-14-22-28(23-15-12-10-8-7-9-11-13-18-26-33)36-31(34)32(2,35-3)30-25-19-21-27-20-16-17-24-29(27)30/h16-17,19-21,24-26,28H,4-13,15,18,23H2,1-3H3/t28?,32-/m1/s1. The van der Waals surface area contributed by atoms with Crippen LogP contribution in [0.4, 0.5) is 0 Å². The van der Waals surface area contributed by atoms with Crippen molar-refractivity contribution in [1.82, 2.24) is 0 Å². The van der Waals surface area contributed by atoms with Gasteiger partial charge in [0.05, 0.1) is 0 Å². The number of aldehydes is 1. The van der Waals surface area contributed by atoms with Crippen LogP contribution in [-0.2, 0) is 24.7 Å². The third-order valence-electron chi connectivity index (χ3n) is 6.81. The fourth-order valence-electron chi connectivity index (χ4n) is 4.42. The summed E-state index contributed by atoms with van der Waals surface area (Å²) in [6.07, 6.45) is 14.0. The summed E-state index contributed by atoms with van der Waals surface area (Å²) in [5.74, 6) is 6.05. The average Bonchev–Trinajstić information content (AvgIpc) is 2.91. The van der Waals surface area contributed by atoms with Gasteiger partial charge in [-0.1, -0.05) is 106 Å². The van der Waals surface area contributed by atoms with Crippen molar-refractivity contribution in [2.24, 2.45) is 0 Å². The molecule has 0 bridgehead atoms. The van der Waals surface area contributed by atoms with Gasteiger partial charge in [0.2, 0.25) is 0 Å². The normalized spacial score (nSPS) is 13.4. The summed E-state index contributed by atoms with van der Waals surface area (Å²) in [7, 11) is 1.56. The number of hydrogen-bond acceptors (Lipinski definition) is 4. The highest BCUT2D eigenvalue weighted by Crippen LogP contribution is 2.33. The van der Waals surface area contributed by atoms with Crippen LogP contribution < -0.4 is 0 Å². The average molecular weight is 493 g/mol. The maximum Gasteiger partial charge on any atom is 0.344 e. The van der Waals surface area contributed by atoms with E-state index in [1.807, 2.05) is 42.5 Å². The van der Waals surface area contributed by atoms with Gasteiger partial charge in [0.1, 0.15) is 6.29 Å². The molecule has 0 aliphatic heterocycles. The molecule has 0 aromatic heterocycles. The summed E-state index contributed by atoms with van der Waals surface area (Å²) in [5.41, 5.74) is -0.410. The molecule has 36 heavy (non-hydrogen) atoms. The fraction of sp³-hybridized carbons (Fsp3) is 0.562. The Labute approximate surface area is 218 Å². The molecule has 0 heterocycles. The van der Waals surface area contributed by atoms with Crippen LogP contribution in [0.2, 0.25) is 0 Å². The van der Waals surface area contributed by atoms with Gasteiger partial charge in [-0.15, -0.1) is 0 Å². The zero-order valence-corrected chi connectivity index (χ0v) is 22.5. The quantitative estimate of drug-likeness (QED) is 0.0974. The number of esters is 1. The molecule has 0 saturated heterocycles. The zero-order valence-electron chi connectivity index (χ0n) is 22.5. The van der Waals surface area contributed by atoms with Gasteiger partial charge in [0, 0.05) is 25.5 Å². The van der Waals surface area contributed by atoms with Crippen molar-refractivity contribution in [1.29, 1.82) is 0 Å². The molecule has 2 rings (SSSR count). The van der Waals surface area contributed by atoms with E-state index in [2.05, 4.69) is 18.8 Å². The second-order valence-electron chi connectivity index (χ2n) is 9.66. The fourth-order valence-corrected chi connectivity index (χ4v) is 4.42. The first kappa shape index (κ1) is 29.6. The highest BCUT2D eigenvalue weighted by molar-refractivity contribution is 5.92. The second kappa shape index (κ2) is 16.9. The molecule has 0 N–H and O–H groups in total. The van der Waals surface area contributed by atoms with E-state index in [1.165, 1.54) is 25.7 Å². The van der Waals surface area contributed by atoms with Crippen molar-refractivity contribution in [3.63, 3.8) is 0 Å². The van der Waals surface area contributed by atoms with Crippen LogP contribution in [0.5, 0.6) is 0 Å². The van der Waals surface area contributed by atoms with E-state index in [0.717, 1.165) is 74.0 Å². The third-order valence-corrected chi connectivity index (χ3v) is 6.81. The molecule has 0 fully saturated rings. The Hall–Kier alpha value is -2.64. The molecule has 0 aliphatic rings. The third kappa shape index (κ3) is 9.43. The number of fused-ring (bicyclic) bond motifs is 1. The first-order valence-electron chi connectivity index (χ1n) is 13.7. The van der Waals surface area contributed by atoms with Gasteiger partial charge in [-0.3, -0.25) is 0 Å². The Morgan fingerprint density at radius 3 is 2.31 bits per heavy atom. The Balaban J connectivity index is 1.98. The Morgan fingerprint density at radius 1 is 0.944 bits per heavy atom. The second-order valence-corrected chi connectivity index (χ2v) is 9.66. The lowest BCUT2D eigenvalue weighted by Gasteiger charge is -2.29. The predicted octanol–water partition coefficient (Wildman–Crippen LogP) is 7.91. The van der Waals surface area contributed by atoms with E-state index < -0.39 is 17.7 Å². The summed E-state index contributed by atoms with van der Waals surface area (Å²) >= 11 is 0. The van der Waals surface area contributed by atoms with Crippen LogP contribution in [0, 0.1) is 11.8 Å². The van der Waals surface area contributed by atoms with Crippen LogP contribution in [0.3, 0.4) is 0 Å². The summed E-state index contributed by atoms with van der Waals surface area (Å²) < 4.78 is 11.8. The summed E-state index contributed by atoms with van der Waals surface area (Å²) in [5, 5.41) is 2.05. The smallest absolute Gasteiger partial charge is 0.344 e. The highest BCUT2D eigenvalue weighted by atomic mass is 16.6. The van der Waals surface area contributed by atoms with Crippen LogP contribution in [0.15, 0.2) is 42.5 Å². The molecule has 0 radical (unpaired) electrons. The zero-order chi connectivity index (χ0) is 26.1. The van der Waals surface area contributed by atoms with Crippen molar-refractivity contribution >= 4 is 23.0 Å². The molecule has 2 aromatic carbocycles. The molecule has 1 unspecified atom stereocenters. The van der Waals surface area contributed by atoms with E-state index in [0.29, 0.717) is 6.42 Å². The molecular formula is C32H44O4. The maximum absolute atomic E-state index is 13.5. The lowest BCUT2D eigenvalue weighted by atomic mass is 9.90. The monoisotopic (exact) mass is 492 g/mol. The first-order valence-corrected chi connectivity index (χ1v) is 13.7. The molecule has 0 spiro atoms. The van der Waals surface area contributed by atoms with Gasteiger partial charge < -0.3 is 14.3 Å². The van der Waals surface area contributed by atoms with Gasteiger partial charge >= 0.3 is 5.97 Å². The molecule has 2 aromatic rings. The van der Waals surface area contributed by atoms with Crippen LogP contribution in [-0.4, -0.2) is 25.5 Å². The predicted molar refractivity (Wildman–Crippen MR) is 148 cm³/mol. The number of unbranched alkanes of at least 4 members (excludes halogenated alkanes) is 10. The highest BCUT2D eigenvalue weighted by Gasteiger charge is 2.39. The summed E-state index contributed by atoms with van der Waals surface area (Å²) in [6, 6.07) is 13.9. The number of methoxy groups -OCH3 is 1. The maximum atomic E-state index is 13.5. The number of rotatable bonds is 17.